The van der Waals surface area contributed by atoms with Crippen LogP contribution in [0, 0.1) is 0 Å². The number of hydrogen-bond donors (Lipinski definition) is 2. The molecule has 0 amide bonds. The van der Waals surface area contributed by atoms with E-state index in [2.05, 4.69) is 196 Å². The SMILES string of the molecule is CN1C=C(C2N=C(c3ccccc3)NC(c3ccccc3)N2)C=CC1n1c2ccccc2c2ccc3c4ccccc4n(-c4ccccc4)c3c21. The van der Waals surface area contributed by atoms with E-state index < -0.39 is 0 Å². The van der Waals surface area contributed by atoms with Crippen molar-refractivity contribution in [2.24, 2.45) is 4.99 Å². The lowest BCUT2D eigenvalue weighted by Crippen LogP contribution is -2.49. The third-order valence-electron chi connectivity index (χ3n) is 10.4. The summed E-state index contributed by atoms with van der Waals surface area (Å²) in [6.07, 6.45) is 6.45. The summed E-state index contributed by atoms with van der Waals surface area (Å²) < 4.78 is 4.97. The fourth-order valence-corrected chi connectivity index (χ4v) is 8.06. The van der Waals surface area contributed by atoms with Crippen LogP contribution in [0.5, 0.6) is 0 Å². The van der Waals surface area contributed by atoms with Crippen LogP contribution in [0.4, 0.5) is 0 Å². The molecule has 246 valence electrons. The summed E-state index contributed by atoms with van der Waals surface area (Å²) in [5, 5.41) is 12.4. The monoisotopic (exact) mass is 660 g/mol. The Kier molecular flexibility index (Phi) is 6.89. The fraction of sp³-hybridized carbons (Fsp3) is 0.0889. The minimum atomic E-state index is -0.239. The van der Waals surface area contributed by atoms with Gasteiger partial charge in [-0.15, -0.1) is 0 Å². The maximum atomic E-state index is 5.22. The lowest BCUT2D eigenvalue weighted by atomic mass is 10.1. The summed E-state index contributed by atoms with van der Waals surface area (Å²) >= 11 is 0. The van der Waals surface area contributed by atoms with E-state index in [1.165, 1.54) is 49.2 Å². The summed E-state index contributed by atoms with van der Waals surface area (Å²) in [6, 6.07) is 53.9. The third kappa shape index (κ3) is 4.79. The van der Waals surface area contributed by atoms with Crippen molar-refractivity contribution < 1.29 is 0 Å². The van der Waals surface area contributed by atoms with Crippen molar-refractivity contribution in [3.63, 3.8) is 0 Å². The Morgan fingerprint density at radius 1 is 0.588 bits per heavy atom. The van der Waals surface area contributed by atoms with E-state index in [1.807, 2.05) is 6.07 Å². The molecule has 2 aliphatic rings. The normalized spacial score (nSPS) is 19.1. The van der Waals surface area contributed by atoms with Crippen LogP contribution in [-0.2, 0) is 0 Å². The van der Waals surface area contributed by atoms with E-state index in [-0.39, 0.29) is 18.5 Å². The Labute approximate surface area is 296 Å². The Balaban J connectivity index is 1.13. The zero-order chi connectivity index (χ0) is 33.9. The fourth-order valence-electron chi connectivity index (χ4n) is 8.06. The summed E-state index contributed by atoms with van der Waals surface area (Å²) in [6.45, 7) is 0. The molecule has 51 heavy (non-hydrogen) atoms. The smallest absolute Gasteiger partial charge is 0.131 e. The van der Waals surface area contributed by atoms with Gasteiger partial charge in [0.2, 0.25) is 0 Å². The van der Waals surface area contributed by atoms with Crippen molar-refractivity contribution in [2.75, 3.05) is 7.05 Å². The Bertz CT molecular complexity index is 2670. The van der Waals surface area contributed by atoms with Crippen molar-refractivity contribution in [2.45, 2.75) is 18.5 Å². The number of nitrogens with zero attached hydrogens (tertiary/aromatic N) is 4. The third-order valence-corrected chi connectivity index (χ3v) is 10.4. The number of para-hydroxylation sites is 3. The van der Waals surface area contributed by atoms with Crippen LogP contribution in [0.3, 0.4) is 0 Å². The molecule has 0 radical (unpaired) electrons. The van der Waals surface area contributed by atoms with Gasteiger partial charge in [-0.1, -0.05) is 133 Å². The molecule has 2 N–H and O–H groups in total. The first kappa shape index (κ1) is 29.5. The molecule has 6 nitrogen and oxygen atoms in total. The number of nitrogens with one attached hydrogen (secondary N) is 2. The molecule has 8 aromatic rings. The number of hydrogen-bond acceptors (Lipinski definition) is 4. The van der Waals surface area contributed by atoms with E-state index in [0.29, 0.717) is 0 Å². The highest BCUT2D eigenvalue weighted by molar-refractivity contribution is 6.23. The predicted molar refractivity (Wildman–Crippen MR) is 210 cm³/mol. The van der Waals surface area contributed by atoms with Crippen molar-refractivity contribution >= 4 is 49.4 Å². The van der Waals surface area contributed by atoms with Gasteiger partial charge in [-0.2, -0.15) is 0 Å². The van der Waals surface area contributed by atoms with Crippen LogP contribution in [0.25, 0.3) is 49.3 Å². The number of rotatable bonds is 5. The van der Waals surface area contributed by atoms with E-state index in [0.717, 1.165) is 22.7 Å². The highest BCUT2D eigenvalue weighted by Crippen LogP contribution is 2.42. The first-order valence-electron chi connectivity index (χ1n) is 17.6. The number of aromatic nitrogens is 2. The molecule has 0 spiro atoms. The Hall–Kier alpha value is -6.37. The highest BCUT2D eigenvalue weighted by Gasteiger charge is 2.30. The molecule has 0 saturated carbocycles. The molecular weight excluding hydrogens is 625 g/mol. The van der Waals surface area contributed by atoms with Gasteiger partial charge in [0.05, 0.1) is 22.1 Å². The highest BCUT2D eigenvalue weighted by atomic mass is 15.3. The number of fused-ring (bicyclic) bond motifs is 7. The van der Waals surface area contributed by atoms with Gasteiger partial charge in [0, 0.05) is 51.6 Å². The van der Waals surface area contributed by atoms with Crippen LogP contribution in [0.1, 0.15) is 23.5 Å². The first-order chi connectivity index (χ1) is 25.2. The van der Waals surface area contributed by atoms with Crippen LogP contribution < -0.4 is 10.6 Å². The van der Waals surface area contributed by atoms with Crippen LogP contribution in [0.15, 0.2) is 181 Å². The molecule has 3 unspecified atom stereocenters. The number of amidine groups is 1. The van der Waals surface area contributed by atoms with Crippen molar-refractivity contribution in [1.82, 2.24) is 24.7 Å². The van der Waals surface area contributed by atoms with E-state index in [1.54, 1.807) is 0 Å². The van der Waals surface area contributed by atoms with Crippen LogP contribution >= 0.6 is 0 Å². The lowest BCUT2D eigenvalue weighted by Gasteiger charge is -2.36. The molecule has 3 atom stereocenters. The van der Waals surface area contributed by atoms with Gasteiger partial charge in [0.1, 0.15) is 24.3 Å². The number of likely N-dealkylation sites (N-methyl/N-ethyl adjacent to an activating group) is 1. The largest absolute Gasteiger partial charge is 0.357 e. The molecule has 2 aromatic heterocycles. The van der Waals surface area contributed by atoms with E-state index in [9.17, 15) is 0 Å². The van der Waals surface area contributed by atoms with Crippen molar-refractivity contribution in [1.29, 1.82) is 0 Å². The summed E-state index contributed by atoms with van der Waals surface area (Å²) in [7, 11) is 2.18. The second-order valence-electron chi connectivity index (χ2n) is 13.4. The quantitative estimate of drug-likeness (QED) is 0.193. The zero-order valence-corrected chi connectivity index (χ0v) is 28.2. The lowest BCUT2D eigenvalue weighted by molar-refractivity contribution is 0.305. The van der Waals surface area contributed by atoms with Gasteiger partial charge in [-0.05, 0) is 35.9 Å². The topological polar surface area (TPSA) is 49.5 Å². The van der Waals surface area contributed by atoms with Gasteiger partial charge >= 0.3 is 0 Å². The average molecular weight is 661 g/mol. The van der Waals surface area contributed by atoms with Crippen molar-refractivity contribution in [3.05, 3.63) is 187 Å². The molecule has 10 rings (SSSR count). The average Bonchev–Trinajstić information content (AvgIpc) is 3.72. The van der Waals surface area contributed by atoms with E-state index in [4.69, 9.17) is 4.99 Å². The van der Waals surface area contributed by atoms with Crippen LogP contribution in [0.2, 0.25) is 0 Å². The predicted octanol–water partition coefficient (Wildman–Crippen LogP) is 9.44. The molecule has 0 bridgehead atoms. The Morgan fingerprint density at radius 2 is 1.20 bits per heavy atom. The second-order valence-corrected chi connectivity index (χ2v) is 13.4. The molecule has 0 aliphatic carbocycles. The molecule has 6 aromatic carbocycles. The maximum absolute atomic E-state index is 5.22. The van der Waals surface area contributed by atoms with Gasteiger partial charge in [0.25, 0.3) is 0 Å². The second kappa shape index (κ2) is 11.9. The molecule has 6 heteroatoms. The van der Waals surface area contributed by atoms with Gasteiger partial charge in [-0.3, -0.25) is 5.32 Å². The van der Waals surface area contributed by atoms with Gasteiger partial charge in [-0.25, -0.2) is 4.99 Å². The molecule has 4 heterocycles. The number of benzene rings is 6. The minimum absolute atomic E-state index is 0.0619. The summed E-state index contributed by atoms with van der Waals surface area (Å²) in [5.74, 6) is 0.880. The molecular formula is C45H36N6. The first-order valence-corrected chi connectivity index (χ1v) is 17.6. The standard InChI is InChI=1S/C45H36N6/c1-49-29-32(45-47-43(30-15-5-2-6-16-30)46-44(48-45)31-17-7-3-8-18-31)25-28-40(49)51-39-24-14-12-22-35(39)37-27-26-36-34-21-11-13-23-38(34)50(41(36)42(37)51)33-19-9-4-10-20-33/h2-29,40,43,45,47H,1H3,(H,46,48). The zero-order valence-electron chi connectivity index (χ0n) is 28.2. The van der Waals surface area contributed by atoms with E-state index >= 15 is 0 Å². The van der Waals surface area contributed by atoms with Crippen molar-refractivity contribution in [3.8, 4) is 5.69 Å². The molecule has 0 saturated heterocycles. The van der Waals surface area contributed by atoms with Gasteiger partial charge < -0.3 is 19.4 Å². The summed E-state index contributed by atoms with van der Waals surface area (Å²) in [5.41, 5.74) is 9.34. The maximum Gasteiger partial charge on any atom is 0.131 e. The molecule has 2 aliphatic heterocycles. The van der Waals surface area contributed by atoms with Gasteiger partial charge in [0.15, 0.2) is 0 Å². The Morgan fingerprint density at radius 3 is 1.92 bits per heavy atom. The minimum Gasteiger partial charge on any atom is -0.357 e. The van der Waals surface area contributed by atoms with Crippen LogP contribution in [-0.4, -0.2) is 33.1 Å². The molecule has 0 fully saturated rings. The number of aliphatic imine (C=N–C) groups is 1. The summed E-state index contributed by atoms with van der Waals surface area (Å²) in [4.78, 5) is 7.55.